The molecule has 2 aromatic rings. The van der Waals surface area contributed by atoms with E-state index in [1.165, 1.54) is 0 Å². The van der Waals surface area contributed by atoms with E-state index in [-0.39, 0.29) is 0 Å². The van der Waals surface area contributed by atoms with Crippen LogP contribution in [-0.2, 0) is 6.42 Å². The van der Waals surface area contributed by atoms with E-state index in [1.807, 2.05) is 7.05 Å². The lowest BCUT2D eigenvalue weighted by Gasteiger charge is -2.11. The molecule has 1 N–H and O–H groups in total. The van der Waals surface area contributed by atoms with Gasteiger partial charge in [-0.25, -0.2) is 4.98 Å². The van der Waals surface area contributed by atoms with E-state index in [0.29, 0.717) is 23.5 Å². The third kappa shape index (κ3) is 3.10. The molecule has 0 aliphatic heterocycles. The predicted molar refractivity (Wildman–Crippen MR) is 66.8 cm³/mol. The monoisotopic (exact) mass is 247 g/mol. The fourth-order valence-corrected chi connectivity index (χ4v) is 1.76. The summed E-state index contributed by atoms with van der Waals surface area (Å²) >= 11 is 0. The average Bonchev–Trinajstić information content (AvgIpc) is 2.88. The molecule has 0 radical (unpaired) electrons. The van der Waals surface area contributed by atoms with E-state index in [0.717, 1.165) is 19.3 Å². The van der Waals surface area contributed by atoms with Crippen LogP contribution >= 0.6 is 0 Å². The van der Waals surface area contributed by atoms with E-state index in [2.05, 4.69) is 32.3 Å². The second kappa shape index (κ2) is 6.20. The first kappa shape index (κ1) is 12.6. The summed E-state index contributed by atoms with van der Waals surface area (Å²) in [6.45, 7) is 2.16. The smallest absolute Gasteiger partial charge is 0.228 e. The van der Waals surface area contributed by atoms with E-state index in [9.17, 15) is 0 Å². The molecule has 0 fully saturated rings. The molecule has 1 unspecified atom stereocenters. The third-order valence-electron chi connectivity index (χ3n) is 2.73. The molecule has 6 nitrogen and oxygen atoms in total. The molecular weight excluding hydrogens is 230 g/mol. The van der Waals surface area contributed by atoms with Crippen LogP contribution in [0.1, 0.15) is 25.7 Å². The Balaban J connectivity index is 2.06. The zero-order valence-electron chi connectivity index (χ0n) is 10.6. The molecule has 2 aromatic heterocycles. The number of nitrogens with one attached hydrogen (secondary N) is 1. The second-order valence-corrected chi connectivity index (χ2v) is 4.08. The molecule has 96 valence electrons. The number of hydrogen-bond acceptors (Lipinski definition) is 6. The first-order valence-corrected chi connectivity index (χ1v) is 6.09. The van der Waals surface area contributed by atoms with Crippen molar-refractivity contribution in [3.05, 3.63) is 24.5 Å². The van der Waals surface area contributed by atoms with Crippen molar-refractivity contribution in [3.8, 4) is 11.5 Å². The molecule has 0 aliphatic carbocycles. The maximum absolute atomic E-state index is 5.23. The molecule has 2 heterocycles. The summed E-state index contributed by atoms with van der Waals surface area (Å²) in [5, 5.41) is 7.16. The maximum atomic E-state index is 5.23. The largest absolute Gasteiger partial charge is 0.339 e. The summed E-state index contributed by atoms with van der Waals surface area (Å²) in [4.78, 5) is 12.4. The highest BCUT2D eigenvalue weighted by Gasteiger charge is 2.14. The first-order chi connectivity index (χ1) is 8.83. The quantitative estimate of drug-likeness (QED) is 0.832. The molecule has 0 saturated carbocycles. The van der Waals surface area contributed by atoms with Gasteiger partial charge in [-0.05, 0) is 13.5 Å². The van der Waals surface area contributed by atoms with Gasteiger partial charge in [0.05, 0.1) is 6.20 Å². The zero-order valence-corrected chi connectivity index (χ0v) is 10.6. The lowest BCUT2D eigenvalue weighted by molar-refractivity contribution is 0.356. The highest BCUT2D eigenvalue weighted by Crippen LogP contribution is 2.12. The van der Waals surface area contributed by atoms with Crippen LogP contribution in [-0.4, -0.2) is 33.2 Å². The summed E-state index contributed by atoms with van der Waals surface area (Å²) in [5.74, 6) is 1.12. The molecule has 0 aliphatic rings. The van der Waals surface area contributed by atoms with Crippen LogP contribution < -0.4 is 5.32 Å². The van der Waals surface area contributed by atoms with Crippen molar-refractivity contribution in [2.24, 2.45) is 0 Å². The minimum absolute atomic E-state index is 0.366. The number of hydrogen-bond donors (Lipinski definition) is 1. The zero-order chi connectivity index (χ0) is 12.8. The second-order valence-electron chi connectivity index (χ2n) is 4.08. The Morgan fingerprint density at radius 2 is 2.28 bits per heavy atom. The van der Waals surface area contributed by atoms with Gasteiger partial charge in [-0.15, -0.1) is 0 Å². The van der Waals surface area contributed by atoms with Gasteiger partial charge in [0.15, 0.2) is 0 Å². The van der Waals surface area contributed by atoms with Crippen LogP contribution in [0.4, 0.5) is 0 Å². The van der Waals surface area contributed by atoms with Crippen molar-refractivity contribution in [1.29, 1.82) is 0 Å². The van der Waals surface area contributed by atoms with Gasteiger partial charge >= 0.3 is 0 Å². The maximum Gasteiger partial charge on any atom is 0.228 e. The lowest BCUT2D eigenvalue weighted by Crippen LogP contribution is -2.27. The Kier molecular flexibility index (Phi) is 4.35. The molecule has 18 heavy (non-hydrogen) atoms. The van der Waals surface area contributed by atoms with Gasteiger partial charge in [0.25, 0.3) is 0 Å². The van der Waals surface area contributed by atoms with Crippen LogP contribution in [0.2, 0.25) is 0 Å². The van der Waals surface area contributed by atoms with E-state index < -0.39 is 0 Å². The SMILES string of the molecule is CCCC(Cc1nc(-c2cnccn2)no1)NC. The Hall–Kier alpha value is -1.82. The van der Waals surface area contributed by atoms with Crippen LogP contribution in [0.25, 0.3) is 11.5 Å². The summed E-state index contributed by atoms with van der Waals surface area (Å²) in [6, 6.07) is 0.366. The predicted octanol–water partition coefficient (Wildman–Crippen LogP) is 1.46. The van der Waals surface area contributed by atoms with Crippen molar-refractivity contribution in [2.45, 2.75) is 32.2 Å². The molecule has 0 aromatic carbocycles. The molecule has 0 bridgehead atoms. The number of aromatic nitrogens is 4. The van der Waals surface area contributed by atoms with E-state index in [4.69, 9.17) is 4.52 Å². The van der Waals surface area contributed by atoms with Gasteiger partial charge in [0, 0.05) is 24.9 Å². The topological polar surface area (TPSA) is 76.7 Å². The van der Waals surface area contributed by atoms with Crippen LogP contribution in [0, 0.1) is 0 Å². The standard InChI is InChI=1S/C12H17N5O/c1-3-4-9(13-2)7-11-16-12(17-18-11)10-8-14-5-6-15-10/h5-6,8-9,13H,3-4,7H2,1-2H3. The van der Waals surface area contributed by atoms with Gasteiger partial charge < -0.3 is 9.84 Å². The van der Waals surface area contributed by atoms with Gasteiger partial charge in [-0.1, -0.05) is 18.5 Å². The van der Waals surface area contributed by atoms with Crippen LogP contribution in [0.15, 0.2) is 23.1 Å². The highest BCUT2D eigenvalue weighted by molar-refractivity contribution is 5.45. The van der Waals surface area contributed by atoms with Gasteiger partial charge in [-0.2, -0.15) is 4.98 Å². The summed E-state index contributed by atoms with van der Waals surface area (Å²) in [5.41, 5.74) is 0.629. The molecule has 0 amide bonds. The van der Waals surface area contributed by atoms with Crippen molar-refractivity contribution < 1.29 is 4.52 Å². The minimum atomic E-state index is 0.366. The van der Waals surface area contributed by atoms with Gasteiger partial charge in [0.1, 0.15) is 5.69 Å². The van der Waals surface area contributed by atoms with Crippen molar-refractivity contribution in [3.63, 3.8) is 0 Å². The van der Waals surface area contributed by atoms with E-state index >= 15 is 0 Å². The molecule has 1 atom stereocenters. The number of likely N-dealkylation sites (N-methyl/N-ethyl adjacent to an activating group) is 1. The molecule has 0 saturated heterocycles. The molecular formula is C12H17N5O. The Labute approximate surface area is 106 Å². The fraction of sp³-hybridized carbons (Fsp3) is 0.500. The molecule has 2 rings (SSSR count). The summed E-state index contributed by atoms with van der Waals surface area (Å²) in [7, 11) is 1.94. The normalized spacial score (nSPS) is 12.6. The first-order valence-electron chi connectivity index (χ1n) is 6.09. The third-order valence-corrected chi connectivity index (χ3v) is 2.73. The van der Waals surface area contributed by atoms with Crippen molar-refractivity contribution >= 4 is 0 Å². The summed E-state index contributed by atoms with van der Waals surface area (Å²) < 4.78 is 5.23. The number of rotatable bonds is 6. The number of nitrogens with zero attached hydrogens (tertiary/aromatic N) is 4. The Morgan fingerprint density at radius 1 is 1.39 bits per heavy atom. The molecule has 0 spiro atoms. The Morgan fingerprint density at radius 3 is 2.94 bits per heavy atom. The Bertz CT molecular complexity index is 470. The lowest BCUT2D eigenvalue weighted by atomic mass is 10.1. The van der Waals surface area contributed by atoms with Crippen molar-refractivity contribution in [1.82, 2.24) is 25.4 Å². The average molecular weight is 247 g/mol. The minimum Gasteiger partial charge on any atom is -0.339 e. The van der Waals surface area contributed by atoms with Gasteiger partial charge in [-0.3, -0.25) is 4.98 Å². The van der Waals surface area contributed by atoms with Crippen LogP contribution in [0.5, 0.6) is 0 Å². The van der Waals surface area contributed by atoms with Crippen molar-refractivity contribution in [2.75, 3.05) is 7.05 Å². The van der Waals surface area contributed by atoms with Gasteiger partial charge in [0.2, 0.25) is 11.7 Å². The van der Waals surface area contributed by atoms with Crippen LogP contribution in [0.3, 0.4) is 0 Å². The fourth-order valence-electron chi connectivity index (χ4n) is 1.76. The molecule has 6 heteroatoms. The summed E-state index contributed by atoms with van der Waals surface area (Å²) in [6.07, 6.45) is 7.78. The van der Waals surface area contributed by atoms with E-state index in [1.54, 1.807) is 18.6 Å². The highest BCUT2D eigenvalue weighted by atomic mass is 16.5.